The first-order chi connectivity index (χ1) is 12.8. The van der Waals surface area contributed by atoms with Crippen molar-refractivity contribution in [2.75, 3.05) is 6.67 Å². The van der Waals surface area contributed by atoms with Crippen molar-refractivity contribution in [1.29, 1.82) is 0 Å². The van der Waals surface area contributed by atoms with Crippen molar-refractivity contribution in [3.05, 3.63) is 47.5 Å². The highest BCUT2D eigenvalue weighted by Crippen LogP contribution is 2.32. The summed E-state index contributed by atoms with van der Waals surface area (Å²) in [6, 6.07) is 9.37. The lowest BCUT2D eigenvalue weighted by Gasteiger charge is -2.26. The van der Waals surface area contributed by atoms with Crippen LogP contribution in [0, 0.1) is 11.8 Å². The molecular formula is C25H39F. The molecule has 0 spiro atoms. The van der Waals surface area contributed by atoms with Crippen molar-refractivity contribution < 1.29 is 4.39 Å². The Bertz CT molecular complexity index is 479. The summed E-state index contributed by atoms with van der Waals surface area (Å²) in [5.41, 5.74) is 3.01. The molecule has 0 radical (unpaired) electrons. The minimum atomic E-state index is -0.156. The molecule has 0 saturated heterocycles. The Hall–Kier alpha value is -1.11. The van der Waals surface area contributed by atoms with Crippen LogP contribution in [0.25, 0.3) is 0 Å². The first kappa shape index (κ1) is 21.2. The van der Waals surface area contributed by atoms with Crippen LogP contribution >= 0.6 is 0 Å². The summed E-state index contributed by atoms with van der Waals surface area (Å²) in [7, 11) is 0. The summed E-state index contributed by atoms with van der Waals surface area (Å²) in [6.07, 6.45) is 20.8. The van der Waals surface area contributed by atoms with E-state index in [4.69, 9.17) is 0 Å². The van der Waals surface area contributed by atoms with Gasteiger partial charge in [0.2, 0.25) is 0 Å². The van der Waals surface area contributed by atoms with Crippen molar-refractivity contribution in [3.8, 4) is 0 Å². The highest BCUT2D eigenvalue weighted by Gasteiger charge is 2.19. The van der Waals surface area contributed by atoms with Crippen LogP contribution in [0.2, 0.25) is 0 Å². The zero-order valence-corrected chi connectivity index (χ0v) is 16.9. The lowest BCUT2D eigenvalue weighted by atomic mass is 9.79. The molecule has 0 aromatic heterocycles. The maximum absolute atomic E-state index is 12.0. The van der Waals surface area contributed by atoms with Crippen molar-refractivity contribution in [2.24, 2.45) is 11.8 Å². The maximum Gasteiger partial charge on any atom is 0.0894 e. The van der Waals surface area contributed by atoms with Crippen LogP contribution in [0.5, 0.6) is 0 Å². The quantitative estimate of drug-likeness (QED) is 0.263. The third-order valence-electron chi connectivity index (χ3n) is 5.99. The zero-order chi connectivity index (χ0) is 18.5. The van der Waals surface area contributed by atoms with Crippen molar-refractivity contribution in [2.45, 2.75) is 90.4 Å². The van der Waals surface area contributed by atoms with Gasteiger partial charge in [0.15, 0.2) is 0 Å². The molecule has 26 heavy (non-hydrogen) atoms. The van der Waals surface area contributed by atoms with E-state index in [1.807, 2.05) is 0 Å². The van der Waals surface area contributed by atoms with Gasteiger partial charge in [0.1, 0.15) is 0 Å². The minimum absolute atomic E-state index is 0.156. The maximum atomic E-state index is 12.0. The van der Waals surface area contributed by atoms with Gasteiger partial charge in [-0.1, -0.05) is 56.2 Å². The third-order valence-corrected chi connectivity index (χ3v) is 5.99. The molecule has 1 aliphatic carbocycles. The van der Waals surface area contributed by atoms with E-state index in [1.165, 1.54) is 68.9 Å². The Balaban J connectivity index is 1.59. The van der Waals surface area contributed by atoms with Gasteiger partial charge in [-0.05, 0) is 93.6 Å². The first-order valence-electron chi connectivity index (χ1n) is 11.1. The number of unbranched alkanes of at least 4 members (excludes halogenated alkanes) is 4. The highest BCUT2D eigenvalue weighted by molar-refractivity contribution is 5.22. The summed E-state index contributed by atoms with van der Waals surface area (Å²) < 4.78 is 12.0. The van der Waals surface area contributed by atoms with Crippen LogP contribution in [0.1, 0.15) is 88.7 Å². The minimum Gasteiger partial charge on any atom is -0.251 e. The number of rotatable bonds is 12. The van der Waals surface area contributed by atoms with Gasteiger partial charge in [-0.15, -0.1) is 0 Å². The fourth-order valence-corrected chi connectivity index (χ4v) is 4.12. The van der Waals surface area contributed by atoms with E-state index >= 15 is 0 Å². The Kier molecular flexibility index (Phi) is 10.7. The van der Waals surface area contributed by atoms with Crippen LogP contribution < -0.4 is 0 Å². The van der Waals surface area contributed by atoms with E-state index < -0.39 is 0 Å². The number of aryl methyl sites for hydroxylation is 2. The molecule has 1 saturated carbocycles. The molecule has 146 valence electrons. The zero-order valence-electron chi connectivity index (χ0n) is 16.9. The van der Waals surface area contributed by atoms with Crippen molar-refractivity contribution >= 4 is 0 Å². The van der Waals surface area contributed by atoms with E-state index in [9.17, 15) is 4.39 Å². The van der Waals surface area contributed by atoms with Crippen LogP contribution in [-0.2, 0) is 12.8 Å². The number of benzene rings is 1. The van der Waals surface area contributed by atoms with E-state index in [-0.39, 0.29) is 6.67 Å². The summed E-state index contributed by atoms with van der Waals surface area (Å²) in [6.45, 7) is 2.10. The molecule has 0 atom stereocenters. The fourth-order valence-electron chi connectivity index (χ4n) is 4.12. The molecule has 1 aliphatic rings. The largest absolute Gasteiger partial charge is 0.251 e. The molecule has 0 amide bonds. The van der Waals surface area contributed by atoms with Gasteiger partial charge >= 0.3 is 0 Å². The average molecular weight is 359 g/mol. The summed E-state index contributed by atoms with van der Waals surface area (Å²) >= 11 is 0. The lowest BCUT2D eigenvalue weighted by molar-refractivity contribution is 0.296. The van der Waals surface area contributed by atoms with Gasteiger partial charge in [0.05, 0.1) is 6.67 Å². The smallest absolute Gasteiger partial charge is 0.0894 e. The van der Waals surface area contributed by atoms with Gasteiger partial charge in [-0.25, -0.2) is 0 Å². The highest BCUT2D eigenvalue weighted by atomic mass is 19.1. The van der Waals surface area contributed by atoms with Crippen molar-refractivity contribution in [3.63, 3.8) is 0 Å². The van der Waals surface area contributed by atoms with Crippen LogP contribution in [0.4, 0.5) is 4.39 Å². The van der Waals surface area contributed by atoms with Crippen molar-refractivity contribution in [1.82, 2.24) is 0 Å². The SMILES string of the molecule is CCCCc1ccc(CC[C@H]2CC[C@H](/C=C/CCCCCF)CC2)cc1. The molecule has 2 rings (SSSR count). The van der Waals surface area contributed by atoms with E-state index in [0.717, 1.165) is 37.5 Å². The van der Waals surface area contributed by atoms with Crippen LogP contribution in [0.15, 0.2) is 36.4 Å². The first-order valence-corrected chi connectivity index (χ1v) is 11.1. The third kappa shape index (κ3) is 8.52. The standard InChI is InChI=1S/C25H39F/c1-2-3-9-22-11-15-24(16-12-22)19-20-25-17-13-23(14-18-25)10-7-5-4-6-8-21-26/h7,10-12,15-16,23,25H,2-6,8-9,13-14,17-21H2,1H3/b10-7+/t23-,25-. The van der Waals surface area contributed by atoms with Crippen LogP contribution in [-0.4, -0.2) is 6.67 Å². The molecule has 0 heterocycles. The topological polar surface area (TPSA) is 0 Å². The Labute approximate surface area is 161 Å². The van der Waals surface area contributed by atoms with Gasteiger partial charge in [-0.3, -0.25) is 4.39 Å². The molecule has 0 bridgehead atoms. The van der Waals surface area contributed by atoms with Gasteiger partial charge in [0, 0.05) is 0 Å². The molecule has 0 N–H and O–H groups in total. The van der Waals surface area contributed by atoms with E-state index in [2.05, 4.69) is 43.3 Å². The Morgan fingerprint density at radius 1 is 0.885 bits per heavy atom. The Morgan fingerprint density at radius 2 is 1.58 bits per heavy atom. The number of allylic oxidation sites excluding steroid dienone is 2. The predicted octanol–water partition coefficient (Wildman–Crippen LogP) is 7.85. The molecule has 0 unspecified atom stereocenters. The normalized spacial score (nSPS) is 20.7. The second kappa shape index (κ2) is 13.1. The number of hydrogen-bond acceptors (Lipinski definition) is 0. The average Bonchev–Trinajstić information content (AvgIpc) is 2.69. The Morgan fingerprint density at radius 3 is 2.23 bits per heavy atom. The second-order valence-corrected chi connectivity index (χ2v) is 8.21. The molecular weight excluding hydrogens is 319 g/mol. The van der Waals surface area contributed by atoms with Crippen LogP contribution in [0.3, 0.4) is 0 Å². The number of alkyl halides is 1. The predicted molar refractivity (Wildman–Crippen MR) is 112 cm³/mol. The summed E-state index contributed by atoms with van der Waals surface area (Å²) in [5, 5.41) is 0. The van der Waals surface area contributed by atoms with Gasteiger partial charge in [0.25, 0.3) is 0 Å². The molecule has 1 fully saturated rings. The monoisotopic (exact) mass is 358 g/mol. The summed E-state index contributed by atoms with van der Waals surface area (Å²) in [4.78, 5) is 0. The summed E-state index contributed by atoms with van der Waals surface area (Å²) in [5.74, 6) is 1.72. The number of hydrogen-bond donors (Lipinski definition) is 0. The molecule has 0 nitrogen and oxygen atoms in total. The molecule has 1 aromatic rings. The molecule has 0 aliphatic heterocycles. The van der Waals surface area contributed by atoms with Gasteiger partial charge in [-0.2, -0.15) is 0 Å². The number of halogens is 1. The van der Waals surface area contributed by atoms with E-state index in [0.29, 0.717) is 0 Å². The second-order valence-electron chi connectivity index (χ2n) is 8.21. The molecule has 1 heteroatoms. The fraction of sp³-hybridized carbons (Fsp3) is 0.680. The van der Waals surface area contributed by atoms with Gasteiger partial charge < -0.3 is 0 Å². The molecule has 1 aromatic carbocycles. The lowest BCUT2D eigenvalue weighted by Crippen LogP contribution is -2.13. The van der Waals surface area contributed by atoms with E-state index in [1.54, 1.807) is 0 Å².